The lowest BCUT2D eigenvalue weighted by Gasteiger charge is -2.39. The van der Waals surface area contributed by atoms with E-state index < -0.39 is 195 Å². The van der Waals surface area contributed by atoms with Gasteiger partial charge in [-0.1, -0.05) is 118 Å². The van der Waals surface area contributed by atoms with Gasteiger partial charge < -0.3 is 87.5 Å². The molecule has 2 heterocycles. The second kappa shape index (κ2) is 50.4. The summed E-state index contributed by atoms with van der Waals surface area (Å²) in [5, 5.41) is 81.3. The van der Waals surface area contributed by atoms with E-state index >= 15 is 0 Å². The third-order valence-electron chi connectivity index (χ3n) is 18.6. The number of aliphatic carboxylic acids is 4. The molecule has 632 valence electrons. The maximum absolute atomic E-state index is 14.8. The molecule has 1 aliphatic rings. The van der Waals surface area contributed by atoms with Gasteiger partial charge in [0, 0.05) is 85.5 Å². The van der Waals surface area contributed by atoms with Gasteiger partial charge in [0.25, 0.3) is 5.91 Å². The Morgan fingerprint density at radius 3 is 1.89 bits per heavy atom. The number of rotatable bonds is 50. The Balaban J connectivity index is 1.28. The number of carboxylic acids is 4. The van der Waals surface area contributed by atoms with Gasteiger partial charge in [-0.2, -0.15) is 0 Å². The minimum absolute atomic E-state index is 0.00424. The highest BCUT2D eigenvalue weighted by atomic mass is 33.1. The molecule has 13 atom stereocenters. The van der Waals surface area contributed by atoms with Gasteiger partial charge in [0.1, 0.15) is 59.4 Å². The molecule has 0 aliphatic carbocycles. The number of ether oxygens (including phenoxy) is 2. The molecule has 16 N–H and O–H groups in total. The van der Waals surface area contributed by atoms with Gasteiger partial charge in [-0.15, -0.1) is 11.3 Å². The number of carboxylic acid groups (broad SMARTS) is 4. The smallest absolute Gasteiger partial charge is 0.426 e. The van der Waals surface area contributed by atoms with Crippen molar-refractivity contribution in [1.29, 1.82) is 0 Å². The zero-order valence-electron chi connectivity index (χ0n) is 65.6. The standard InChI is InChI=1S/C75H111N13O23S3/c1-10-17-63(97)111-41-88(71(103)64(43(5)11-2)84-69(102)56-20-15-16-31-87(56)9)57(42(3)4)38-58(90)70-81-55(40-112-70)68(101)78-49(35-48-22-24-50(89)25-23-48)34-44(6)65(98)85-86-75(109)110-32-33-113-114-39-46(8)77-66(99)53(36-47-18-13-12-14-19-47)80-67(100)54(37-62(95)96)79-60(92)28-21-45(7)76-59(91)29-26-51(72(104)105)82-74(108)83-52(73(106)107)27-30-61(93)94/h12-14,18-19,22-25,40,42-46,49,51-54,56-58,64,89-90H,10-11,15-17,20-21,26-39,41H2,1-9H3,(H,76,91)(H,77,99)(H,78,101)(H,79,92)(H,80,100)(H,84,102)(H,85,98)(H,86,109)(H,93,94)(H,95,96)(H,104,105)(H,106,107)(H2,82,83,108)/t43?,44-,45+,46-,49+,51-,52-,53+,54-,56+,57+,58+,64-/m0/s1. The van der Waals surface area contributed by atoms with Gasteiger partial charge >= 0.3 is 42.0 Å². The van der Waals surface area contributed by atoms with Crippen LogP contribution in [0.5, 0.6) is 5.75 Å². The van der Waals surface area contributed by atoms with E-state index in [-0.39, 0.29) is 91.5 Å². The van der Waals surface area contributed by atoms with E-state index in [4.69, 9.17) is 14.6 Å². The van der Waals surface area contributed by atoms with Gasteiger partial charge in [0.2, 0.25) is 41.4 Å². The summed E-state index contributed by atoms with van der Waals surface area (Å²) < 4.78 is 10.9. The number of hydrogen-bond acceptors (Lipinski definition) is 24. The van der Waals surface area contributed by atoms with Crippen molar-refractivity contribution in [1.82, 2.24) is 68.2 Å². The molecule has 0 spiro atoms. The van der Waals surface area contributed by atoms with E-state index in [1.54, 1.807) is 56.3 Å². The Morgan fingerprint density at radius 1 is 0.640 bits per heavy atom. The number of esters is 1. The number of likely N-dealkylation sites (N-methyl/N-ethyl adjacent to an activating group) is 1. The Morgan fingerprint density at radius 2 is 1.27 bits per heavy atom. The van der Waals surface area contributed by atoms with Gasteiger partial charge in [-0.3, -0.25) is 63.1 Å². The number of amides is 11. The Kier molecular flexibility index (Phi) is 42.7. The van der Waals surface area contributed by atoms with Crippen molar-refractivity contribution < 1.29 is 112 Å². The fraction of sp³-hybridized carbons (Fsp3) is 0.600. The molecule has 1 fully saturated rings. The van der Waals surface area contributed by atoms with E-state index in [0.717, 1.165) is 30.7 Å². The topological polar surface area (TPSA) is 536 Å². The van der Waals surface area contributed by atoms with Crippen LogP contribution in [0, 0.1) is 17.8 Å². The zero-order valence-corrected chi connectivity index (χ0v) is 68.1. The lowest BCUT2D eigenvalue weighted by atomic mass is 9.92. The number of hydrazine groups is 1. The number of urea groups is 1. The Labute approximate surface area is 673 Å². The number of aromatic hydroxyl groups is 1. The van der Waals surface area contributed by atoms with Crippen LogP contribution in [0.1, 0.15) is 184 Å². The molecule has 36 nitrogen and oxygen atoms in total. The number of phenols is 1. The number of hydrogen-bond donors (Lipinski definition) is 16. The molecule has 1 aliphatic heterocycles. The van der Waals surface area contributed by atoms with Crippen LogP contribution in [0.15, 0.2) is 60.0 Å². The molecule has 0 saturated carbocycles. The highest BCUT2D eigenvalue weighted by Gasteiger charge is 2.40. The van der Waals surface area contributed by atoms with E-state index in [2.05, 4.69) is 47.7 Å². The van der Waals surface area contributed by atoms with Crippen LogP contribution in [-0.4, -0.2) is 234 Å². The molecule has 4 rings (SSSR count). The Bertz CT molecular complexity index is 3690. The summed E-state index contributed by atoms with van der Waals surface area (Å²) in [6, 6.07) is 3.21. The van der Waals surface area contributed by atoms with Crippen molar-refractivity contribution in [2.45, 2.75) is 231 Å². The summed E-state index contributed by atoms with van der Waals surface area (Å²) in [5.74, 6) is -12.5. The average Bonchev–Trinajstić information content (AvgIpc) is 1.08. The highest BCUT2D eigenvalue weighted by Crippen LogP contribution is 2.30. The summed E-state index contributed by atoms with van der Waals surface area (Å²) in [5.41, 5.74) is 5.84. The van der Waals surface area contributed by atoms with Crippen molar-refractivity contribution in [3.8, 4) is 5.75 Å². The number of carbonyl (C=O) groups excluding carboxylic acids is 11. The number of benzene rings is 2. The lowest BCUT2D eigenvalue weighted by Crippen LogP contribution is -2.59. The normalized spacial score (nSPS) is 15.9. The van der Waals surface area contributed by atoms with Crippen LogP contribution in [0.2, 0.25) is 0 Å². The number of thiazole rings is 1. The van der Waals surface area contributed by atoms with Crippen LogP contribution < -0.4 is 53.4 Å². The van der Waals surface area contributed by atoms with Crippen molar-refractivity contribution >= 4 is 122 Å². The van der Waals surface area contributed by atoms with Gasteiger partial charge in [0.15, 0.2) is 6.73 Å². The second-order valence-corrected chi connectivity index (χ2v) is 32.0. The molecular weight excluding hydrogens is 1550 g/mol. The fourth-order valence-electron chi connectivity index (χ4n) is 12.0. The van der Waals surface area contributed by atoms with Crippen LogP contribution in [-0.2, 0) is 79.8 Å². The summed E-state index contributed by atoms with van der Waals surface area (Å²) in [7, 11) is 4.48. The van der Waals surface area contributed by atoms with E-state index in [1.807, 2.05) is 57.2 Å². The molecule has 114 heavy (non-hydrogen) atoms. The third kappa shape index (κ3) is 35.7. The van der Waals surface area contributed by atoms with E-state index in [0.29, 0.717) is 36.1 Å². The first-order valence-corrected chi connectivity index (χ1v) is 41.2. The van der Waals surface area contributed by atoms with Crippen molar-refractivity contribution in [3.05, 3.63) is 81.8 Å². The number of nitrogens with one attached hydrogen (secondary N) is 10. The summed E-state index contributed by atoms with van der Waals surface area (Å²) in [6.45, 7) is 14.3. The number of nitrogens with zero attached hydrogens (tertiary/aromatic N) is 3. The summed E-state index contributed by atoms with van der Waals surface area (Å²) in [4.78, 5) is 202. The maximum Gasteiger partial charge on any atom is 0.426 e. The summed E-state index contributed by atoms with van der Waals surface area (Å²) in [6.07, 6.45) is -1.87. The Hall–Kier alpha value is -9.86. The van der Waals surface area contributed by atoms with Crippen LogP contribution in [0.3, 0.4) is 0 Å². The monoisotopic (exact) mass is 1660 g/mol. The quantitative estimate of drug-likeness (QED) is 0.0123. The molecule has 0 bridgehead atoms. The van der Waals surface area contributed by atoms with Crippen molar-refractivity contribution in [3.63, 3.8) is 0 Å². The van der Waals surface area contributed by atoms with Crippen molar-refractivity contribution in [2.75, 3.05) is 38.4 Å². The number of carbonyl (C=O) groups is 15. The number of aliphatic hydroxyl groups is 1. The first kappa shape index (κ1) is 96.5. The predicted molar refractivity (Wildman–Crippen MR) is 420 cm³/mol. The van der Waals surface area contributed by atoms with Crippen molar-refractivity contribution in [2.24, 2.45) is 17.8 Å². The molecular formula is C75H111N13O23S3. The highest BCUT2D eigenvalue weighted by molar-refractivity contribution is 8.76. The number of aromatic nitrogens is 1. The molecule has 0 radical (unpaired) electrons. The summed E-state index contributed by atoms with van der Waals surface area (Å²) >= 11 is 1.01. The molecule has 39 heteroatoms. The predicted octanol–water partition coefficient (Wildman–Crippen LogP) is 4.27. The van der Waals surface area contributed by atoms with Gasteiger partial charge in [-0.05, 0) is 114 Å². The first-order chi connectivity index (χ1) is 54.0. The maximum atomic E-state index is 14.8. The number of phenolic OH excluding ortho intramolecular Hbond substituents is 1. The molecule has 1 aromatic heterocycles. The number of aliphatic hydroxyl groups excluding tert-OH is 1. The molecule has 3 aromatic rings. The SMILES string of the molecule is CCCC(=O)OCN(C(=O)[C@@H](NC(=O)[C@H]1CCCCN1C)C(C)CC)[C@H](C[C@@H](O)c1nc(C(=O)N[C@@H](Cc2ccc(O)cc2)C[C@H](C)C(=O)NNC(=O)OCCSSC[C@H](C)NC(=O)[C@@H](Cc2ccccc2)NC(=O)[C@H](CC(=O)O)NC(=O)CC[C@@H](C)NC(=O)CC[C@H](NC(=O)N[C@@H](CCC(=O)O)C(=O)O)C(=O)O)cs1)C(C)C. The molecule has 2 aromatic carbocycles. The average molecular weight is 1660 g/mol. The first-order valence-electron chi connectivity index (χ1n) is 37.8. The largest absolute Gasteiger partial charge is 0.508 e. The number of likely N-dealkylation sites (tertiary alicyclic amines) is 1. The molecule has 1 unspecified atom stereocenters. The molecule has 11 amide bonds. The second-order valence-electron chi connectivity index (χ2n) is 28.5. The minimum Gasteiger partial charge on any atom is -0.508 e. The van der Waals surface area contributed by atoms with Crippen LogP contribution in [0.25, 0.3) is 0 Å². The van der Waals surface area contributed by atoms with Gasteiger partial charge in [-0.25, -0.2) is 29.6 Å². The zero-order chi connectivity index (χ0) is 84.7. The molecule has 1 saturated heterocycles. The van der Waals surface area contributed by atoms with Crippen LogP contribution in [0.4, 0.5) is 9.59 Å². The van der Waals surface area contributed by atoms with E-state index in [9.17, 15) is 97.5 Å². The minimum atomic E-state index is -1.67. The fourth-order valence-corrected chi connectivity index (χ4v) is 14.9. The van der Waals surface area contributed by atoms with E-state index in [1.165, 1.54) is 50.9 Å². The lowest BCUT2D eigenvalue weighted by molar-refractivity contribution is -0.159. The third-order valence-corrected chi connectivity index (χ3v) is 22.1. The number of piperidine rings is 1. The van der Waals surface area contributed by atoms with Gasteiger partial charge in [0.05, 0.1) is 12.5 Å². The van der Waals surface area contributed by atoms with Crippen LogP contribution >= 0.6 is 32.9 Å².